The van der Waals surface area contributed by atoms with Crippen molar-refractivity contribution in [1.82, 2.24) is 9.80 Å². The van der Waals surface area contributed by atoms with Crippen molar-refractivity contribution in [3.8, 4) is 5.75 Å². The van der Waals surface area contributed by atoms with E-state index in [0.717, 1.165) is 49.5 Å². The molecule has 0 aromatic heterocycles. The Balaban J connectivity index is 1.52. The van der Waals surface area contributed by atoms with Crippen LogP contribution >= 0.6 is 15.9 Å². The Kier molecular flexibility index (Phi) is 5.93. The minimum atomic E-state index is 0.891. The van der Waals surface area contributed by atoms with Crippen molar-refractivity contribution in [3.63, 3.8) is 0 Å². The van der Waals surface area contributed by atoms with Gasteiger partial charge < -0.3 is 4.74 Å². The van der Waals surface area contributed by atoms with E-state index in [9.17, 15) is 0 Å². The van der Waals surface area contributed by atoms with Crippen LogP contribution in [0.1, 0.15) is 16.7 Å². The van der Waals surface area contributed by atoms with Gasteiger partial charge in [-0.2, -0.15) is 0 Å². The number of aryl methyl sites for hydroxylation is 1. The lowest BCUT2D eigenvalue weighted by Crippen LogP contribution is -2.45. The Hall–Kier alpha value is -1.36. The molecule has 0 aliphatic carbocycles. The van der Waals surface area contributed by atoms with Gasteiger partial charge in [-0.3, -0.25) is 9.80 Å². The predicted octanol–water partition coefficient (Wildman–Crippen LogP) is 4.08. The lowest BCUT2D eigenvalue weighted by Gasteiger charge is -2.35. The number of piperazine rings is 1. The van der Waals surface area contributed by atoms with Gasteiger partial charge in [-0.05, 0) is 51.7 Å². The molecule has 2 aromatic rings. The molecule has 0 radical (unpaired) electrons. The van der Waals surface area contributed by atoms with E-state index >= 15 is 0 Å². The van der Waals surface area contributed by atoms with Crippen molar-refractivity contribution >= 4 is 15.9 Å². The van der Waals surface area contributed by atoms with Crippen LogP contribution in [-0.2, 0) is 13.1 Å². The largest absolute Gasteiger partial charge is 0.496 e. The van der Waals surface area contributed by atoms with Crippen molar-refractivity contribution in [2.75, 3.05) is 33.3 Å². The molecule has 0 amide bonds. The first-order valence-corrected chi connectivity index (χ1v) is 9.26. The molecule has 3 rings (SSSR count). The summed E-state index contributed by atoms with van der Waals surface area (Å²) in [7, 11) is 1.70. The number of methoxy groups -OCH3 is 1. The van der Waals surface area contributed by atoms with Gasteiger partial charge in [0.25, 0.3) is 0 Å². The van der Waals surface area contributed by atoms with Gasteiger partial charge in [0, 0.05) is 39.3 Å². The summed E-state index contributed by atoms with van der Waals surface area (Å²) in [6, 6.07) is 15.1. The Morgan fingerprint density at radius 1 is 0.958 bits per heavy atom. The molecule has 0 atom stereocenters. The topological polar surface area (TPSA) is 15.7 Å². The Labute approximate surface area is 153 Å². The lowest BCUT2D eigenvalue weighted by atomic mass is 10.1. The molecule has 24 heavy (non-hydrogen) atoms. The van der Waals surface area contributed by atoms with Crippen LogP contribution in [0, 0.1) is 6.92 Å². The molecule has 1 aliphatic rings. The zero-order valence-corrected chi connectivity index (χ0v) is 16.1. The van der Waals surface area contributed by atoms with Gasteiger partial charge >= 0.3 is 0 Å². The molecule has 2 aromatic carbocycles. The van der Waals surface area contributed by atoms with Gasteiger partial charge in [-0.1, -0.05) is 30.3 Å². The summed E-state index contributed by atoms with van der Waals surface area (Å²) in [6.07, 6.45) is 0. The zero-order valence-electron chi connectivity index (χ0n) is 14.5. The molecular weight excluding hydrogens is 364 g/mol. The lowest BCUT2D eigenvalue weighted by molar-refractivity contribution is 0.122. The Bertz CT molecular complexity index is 681. The van der Waals surface area contributed by atoms with Gasteiger partial charge in [0.2, 0.25) is 0 Å². The molecule has 3 nitrogen and oxygen atoms in total. The Morgan fingerprint density at radius 2 is 1.62 bits per heavy atom. The second-order valence-corrected chi connectivity index (χ2v) is 7.30. The molecule has 1 saturated heterocycles. The third kappa shape index (κ3) is 4.38. The fraction of sp³-hybridized carbons (Fsp3) is 0.400. The minimum Gasteiger partial charge on any atom is -0.496 e. The predicted molar refractivity (Wildman–Crippen MR) is 102 cm³/mol. The van der Waals surface area contributed by atoms with Crippen LogP contribution in [0.4, 0.5) is 0 Å². The number of nitrogens with zero attached hydrogens (tertiary/aromatic N) is 2. The van der Waals surface area contributed by atoms with E-state index in [1.165, 1.54) is 16.7 Å². The van der Waals surface area contributed by atoms with E-state index in [2.05, 4.69) is 69.1 Å². The van der Waals surface area contributed by atoms with Crippen LogP contribution in [0.5, 0.6) is 5.75 Å². The van der Waals surface area contributed by atoms with Crippen molar-refractivity contribution < 1.29 is 4.74 Å². The van der Waals surface area contributed by atoms with E-state index in [0.29, 0.717) is 0 Å². The van der Waals surface area contributed by atoms with Crippen LogP contribution in [0.15, 0.2) is 46.9 Å². The van der Waals surface area contributed by atoms with Crippen molar-refractivity contribution in [2.45, 2.75) is 20.0 Å². The van der Waals surface area contributed by atoms with Crippen molar-refractivity contribution in [1.29, 1.82) is 0 Å². The molecular formula is C20H25BrN2O. The third-order valence-corrected chi connectivity index (χ3v) is 5.36. The highest BCUT2D eigenvalue weighted by Crippen LogP contribution is 2.26. The van der Waals surface area contributed by atoms with Crippen molar-refractivity contribution in [3.05, 3.63) is 63.6 Å². The highest BCUT2D eigenvalue weighted by molar-refractivity contribution is 9.10. The highest BCUT2D eigenvalue weighted by Gasteiger charge is 2.17. The van der Waals surface area contributed by atoms with E-state index in [1.54, 1.807) is 7.11 Å². The maximum Gasteiger partial charge on any atom is 0.133 e. The standard InChI is InChI=1S/C20H25BrN2O/c1-16-5-3-4-6-18(16)15-23-11-9-22(10-12-23)14-17-7-8-20(24-2)19(21)13-17/h3-8,13H,9-12,14-15H2,1-2H3. The second-order valence-electron chi connectivity index (χ2n) is 6.45. The van der Waals surface area contributed by atoms with Crippen LogP contribution in [0.2, 0.25) is 0 Å². The van der Waals surface area contributed by atoms with Crippen LogP contribution in [0.3, 0.4) is 0 Å². The smallest absolute Gasteiger partial charge is 0.133 e. The van der Waals surface area contributed by atoms with E-state index < -0.39 is 0 Å². The SMILES string of the molecule is COc1ccc(CN2CCN(Cc3ccccc3C)CC2)cc1Br. The fourth-order valence-electron chi connectivity index (χ4n) is 3.20. The highest BCUT2D eigenvalue weighted by atomic mass is 79.9. The van der Waals surface area contributed by atoms with Crippen LogP contribution in [-0.4, -0.2) is 43.1 Å². The van der Waals surface area contributed by atoms with Crippen molar-refractivity contribution in [2.24, 2.45) is 0 Å². The first kappa shape index (κ1) is 17.5. The summed E-state index contributed by atoms with van der Waals surface area (Å²) < 4.78 is 6.33. The fourth-order valence-corrected chi connectivity index (χ4v) is 3.79. The van der Waals surface area contributed by atoms with Gasteiger partial charge in [0.05, 0.1) is 11.6 Å². The number of hydrogen-bond donors (Lipinski definition) is 0. The second kappa shape index (κ2) is 8.15. The third-order valence-electron chi connectivity index (χ3n) is 4.74. The van der Waals surface area contributed by atoms with Gasteiger partial charge in [0.15, 0.2) is 0 Å². The van der Waals surface area contributed by atoms with Crippen LogP contribution < -0.4 is 4.74 Å². The van der Waals surface area contributed by atoms with Gasteiger partial charge in [-0.15, -0.1) is 0 Å². The van der Waals surface area contributed by atoms with Gasteiger partial charge in [0.1, 0.15) is 5.75 Å². The number of halogens is 1. The quantitative estimate of drug-likeness (QED) is 0.767. The average molecular weight is 389 g/mol. The molecule has 1 heterocycles. The monoisotopic (exact) mass is 388 g/mol. The van der Waals surface area contributed by atoms with Crippen LogP contribution in [0.25, 0.3) is 0 Å². The molecule has 0 unspecified atom stereocenters. The summed E-state index contributed by atoms with van der Waals surface area (Å²) in [6.45, 7) is 8.77. The summed E-state index contributed by atoms with van der Waals surface area (Å²) in [5.41, 5.74) is 4.17. The number of rotatable bonds is 5. The first-order chi connectivity index (χ1) is 11.7. The van der Waals surface area contributed by atoms with E-state index in [1.807, 2.05) is 6.07 Å². The maximum absolute atomic E-state index is 5.30. The van der Waals surface area contributed by atoms with E-state index in [4.69, 9.17) is 4.74 Å². The molecule has 128 valence electrons. The molecule has 0 spiro atoms. The molecule has 1 aliphatic heterocycles. The molecule has 0 bridgehead atoms. The zero-order chi connectivity index (χ0) is 16.9. The Morgan fingerprint density at radius 3 is 2.25 bits per heavy atom. The first-order valence-electron chi connectivity index (χ1n) is 8.47. The van der Waals surface area contributed by atoms with Gasteiger partial charge in [-0.25, -0.2) is 0 Å². The number of hydrogen-bond acceptors (Lipinski definition) is 3. The summed E-state index contributed by atoms with van der Waals surface area (Å²) in [5.74, 6) is 0.891. The molecule has 4 heteroatoms. The number of ether oxygens (including phenoxy) is 1. The molecule has 0 N–H and O–H groups in total. The number of benzene rings is 2. The summed E-state index contributed by atoms with van der Waals surface area (Å²) in [5, 5.41) is 0. The molecule has 1 fully saturated rings. The average Bonchev–Trinajstić information content (AvgIpc) is 2.59. The van der Waals surface area contributed by atoms with E-state index in [-0.39, 0.29) is 0 Å². The maximum atomic E-state index is 5.30. The minimum absolute atomic E-state index is 0.891. The normalized spacial score (nSPS) is 16.3. The summed E-state index contributed by atoms with van der Waals surface area (Å²) >= 11 is 3.57. The molecule has 0 saturated carbocycles. The summed E-state index contributed by atoms with van der Waals surface area (Å²) in [4.78, 5) is 5.09.